The van der Waals surface area contributed by atoms with Gasteiger partial charge in [0.1, 0.15) is 5.52 Å². The lowest BCUT2D eigenvalue weighted by molar-refractivity contribution is -0.138. The summed E-state index contributed by atoms with van der Waals surface area (Å²) in [4.78, 5) is 32.1. The number of nitrogen functional groups attached to an aromatic ring is 1. The summed E-state index contributed by atoms with van der Waals surface area (Å²) in [5.74, 6) is 1.47. The van der Waals surface area contributed by atoms with Crippen LogP contribution in [-0.4, -0.2) is 54.0 Å². The summed E-state index contributed by atoms with van der Waals surface area (Å²) in [7, 11) is 0. The lowest BCUT2D eigenvalue weighted by Crippen LogP contribution is -2.49. The van der Waals surface area contributed by atoms with Gasteiger partial charge in [-0.05, 0) is 54.7 Å². The largest absolute Gasteiger partial charge is 0.436 e. The molecule has 0 radical (unpaired) electrons. The molecular weight excluding hydrogens is 492 g/mol. The van der Waals surface area contributed by atoms with E-state index in [2.05, 4.69) is 24.1 Å². The first-order chi connectivity index (χ1) is 18.9. The Labute approximate surface area is 230 Å². The van der Waals surface area contributed by atoms with Gasteiger partial charge in [0.25, 0.3) is 5.91 Å². The Morgan fingerprint density at radius 1 is 1.13 bits per heavy atom. The van der Waals surface area contributed by atoms with E-state index in [-0.39, 0.29) is 23.8 Å². The fraction of sp³-hybridized carbons (Fsp3) is 0.516. The zero-order valence-corrected chi connectivity index (χ0v) is 23.1. The summed E-state index contributed by atoms with van der Waals surface area (Å²) in [5.41, 5.74) is 10.5. The zero-order valence-electron chi connectivity index (χ0n) is 23.1. The van der Waals surface area contributed by atoms with Crippen LogP contribution in [0.4, 0.5) is 5.69 Å². The van der Waals surface area contributed by atoms with E-state index in [1.165, 1.54) is 32.1 Å². The highest BCUT2D eigenvalue weighted by Crippen LogP contribution is 2.32. The number of carbonyl (C=O) groups is 2. The number of aromatic nitrogens is 1. The van der Waals surface area contributed by atoms with Crippen molar-refractivity contribution in [2.24, 2.45) is 5.92 Å². The highest BCUT2D eigenvalue weighted by molar-refractivity contribution is 5.94. The minimum absolute atomic E-state index is 0.182. The van der Waals surface area contributed by atoms with Crippen LogP contribution in [-0.2, 0) is 9.53 Å². The maximum absolute atomic E-state index is 12.8. The number of nitrogens with one attached hydrogen (secondary N) is 1. The Balaban J connectivity index is 1.14. The maximum atomic E-state index is 12.8. The minimum Gasteiger partial charge on any atom is -0.436 e. The summed E-state index contributed by atoms with van der Waals surface area (Å²) in [6.07, 6.45) is 7.84. The number of hydrogen-bond donors (Lipinski definition) is 2. The molecule has 208 valence electrons. The predicted molar refractivity (Wildman–Crippen MR) is 152 cm³/mol. The monoisotopic (exact) mass is 532 g/mol. The average Bonchev–Trinajstić information content (AvgIpc) is 3.39. The molecule has 1 atom stereocenters. The van der Waals surface area contributed by atoms with Crippen LogP contribution in [0, 0.1) is 5.92 Å². The third kappa shape index (κ3) is 6.61. The Kier molecular flexibility index (Phi) is 8.50. The first-order valence-electron chi connectivity index (χ1n) is 14.4. The summed E-state index contributed by atoms with van der Waals surface area (Å²) >= 11 is 0. The van der Waals surface area contributed by atoms with Crippen molar-refractivity contribution in [2.45, 2.75) is 70.8 Å². The number of benzene rings is 2. The van der Waals surface area contributed by atoms with E-state index in [4.69, 9.17) is 14.9 Å². The number of rotatable bonds is 8. The molecule has 2 amide bonds. The van der Waals surface area contributed by atoms with Crippen molar-refractivity contribution >= 4 is 28.6 Å². The van der Waals surface area contributed by atoms with Crippen molar-refractivity contribution in [1.82, 2.24) is 15.2 Å². The van der Waals surface area contributed by atoms with E-state index in [1.807, 2.05) is 29.2 Å². The molecular formula is C31H40N4O4. The van der Waals surface area contributed by atoms with Gasteiger partial charge in [0, 0.05) is 48.4 Å². The molecule has 39 heavy (non-hydrogen) atoms. The number of morpholine rings is 1. The minimum atomic E-state index is -0.206. The molecule has 3 aromatic rings. The number of carbonyl (C=O) groups excluding carboxylic acids is 2. The van der Waals surface area contributed by atoms with E-state index in [0.29, 0.717) is 55.7 Å². The van der Waals surface area contributed by atoms with E-state index in [9.17, 15) is 9.59 Å². The second-order valence-electron chi connectivity index (χ2n) is 11.3. The van der Waals surface area contributed by atoms with Crippen LogP contribution in [0.5, 0.6) is 0 Å². The number of hydrogen-bond acceptors (Lipinski definition) is 6. The van der Waals surface area contributed by atoms with Crippen molar-refractivity contribution < 1.29 is 18.7 Å². The van der Waals surface area contributed by atoms with Crippen LogP contribution in [0.15, 0.2) is 40.8 Å². The second-order valence-corrected chi connectivity index (χ2v) is 11.3. The maximum Gasteiger partial charge on any atom is 0.251 e. The summed E-state index contributed by atoms with van der Waals surface area (Å²) in [5, 5.41) is 2.96. The van der Waals surface area contributed by atoms with E-state index < -0.39 is 0 Å². The van der Waals surface area contributed by atoms with Gasteiger partial charge in [0.05, 0.1) is 12.7 Å². The van der Waals surface area contributed by atoms with Crippen LogP contribution < -0.4 is 11.1 Å². The van der Waals surface area contributed by atoms with Gasteiger partial charge >= 0.3 is 0 Å². The molecule has 8 heteroatoms. The van der Waals surface area contributed by atoms with Gasteiger partial charge in [0.2, 0.25) is 11.8 Å². The van der Waals surface area contributed by atoms with Crippen LogP contribution >= 0.6 is 0 Å². The Bertz CT molecular complexity index is 1290. The number of anilines is 1. The van der Waals surface area contributed by atoms with Crippen molar-refractivity contribution in [3.05, 3.63) is 47.5 Å². The van der Waals surface area contributed by atoms with Crippen molar-refractivity contribution in [1.29, 1.82) is 0 Å². The molecule has 8 nitrogen and oxygen atoms in total. The first kappa shape index (κ1) is 27.2. The second kappa shape index (κ2) is 12.2. The quantitative estimate of drug-likeness (QED) is 0.370. The Hall–Kier alpha value is -3.39. The number of fused-ring (bicyclic) bond motifs is 1. The molecule has 5 rings (SSSR count). The van der Waals surface area contributed by atoms with Crippen LogP contribution in [0.3, 0.4) is 0 Å². The summed E-state index contributed by atoms with van der Waals surface area (Å²) < 4.78 is 11.9. The summed E-state index contributed by atoms with van der Waals surface area (Å²) in [6, 6.07) is 10.9. The van der Waals surface area contributed by atoms with Gasteiger partial charge in [-0.15, -0.1) is 0 Å². The smallest absolute Gasteiger partial charge is 0.251 e. The standard InChI is InChI=1S/C31H40N4O4/c1-20(2)26-16-24(32)17-27-29(26)39-31(34-27)23-11-9-22(10-12-23)30(37)33-18-25-19-35(14-15-38-25)28(36)13-8-21-6-4-3-5-7-21/h9-12,16-17,20-21,25H,3-8,13-15,18-19,32H2,1-2H3,(H,33,37). The first-order valence-corrected chi connectivity index (χ1v) is 14.4. The molecule has 1 aliphatic heterocycles. The Morgan fingerprint density at radius 3 is 2.64 bits per heavy atom. The van der Waals surface area contributed by atoms with Gasteiger partial charge < -0.3 is 25.1 Å². The molecule has 2 aromatic carbocycles. The molecule has 1 unspecified atom stereocenters. The third-order valence-corrected chi connectivity index (χ3v) is 8.03. The summed E-state index contributed by atoms with van der Waals surface area (Å²) in [6.45, 7) is 6.18. The SMILES string of the molecule is CC(C)c1cc(N)cc2nc(-c3ccc(C(=O)NCC4CN(C(=O)CCC5CCCCC5)CCO4)cc3)oc12. The highest BCUT2D eigenvalue weighted by atomic mass is 16.5. The van der Waals surface area contributed by atoms with Crippen LogP contribution in [0.25, 0.3) is 22.6 Å². The van der Waals surface area contributed by atoms with Gasteiger partial charge in [0.15, 0.2) is 5.58 Å². The fourth-order valence-corrected chi connectivity index (χ4v) is 5.74. The van der Waals surface area contributed by atoms with Gasteiger partial charge in [-0.1, -0.05) is 46.0 Å². The molecule has 1 aliphatic carbocycles. The Morgan fingerprint density at radius 2 is 1.90 bits per heavy atom. The topological polar surface area (TPSA) is 111 Å². The normalized spacial score (nSPS) is 18.5. The van der Waals surface area contributed by atoms with Gasteiger partial charge in [-0.25, -0.2) is 4.98 Å². The van der Waals surface area contributed by atoms with E-state index >= 15 is 0 Å². The molecule has 3 N–H and O–H groups in total. The molecule has 2 fully saturated rings. The van der Waals surface area contributed by atoms with Gasteiger partial charge in [-0.3, -0.25) is 9.59 Å². The van der Waals surface area contributed by atoms with Crippen molar-refractivity contribution in [3.8, 4) is 11.5 Å². The molecule has 1 saturated carbocycles. The molecule has 0 spiro atoms. The number of oxazole rings is 1. The van der Waals surface area contributed by atoms with Crippen LogP contribution in [0.1, 0.15) is 80.6 Å². The van der Waals surface area contributed by atoms with E-state index in [1.54, 1.807) is 12.1 Å². The fourth-order valence-electron chi connectivity index (χ4n) is 5.74. The number of amides is 2. The average molecular weight is 533 g/mol. The third-order valence-electron chi connectivity index (χ3n) is 8.03. The molecule has 2 aliphatic rings. The highest BCUT2D eigenvalue weighted by Gasteiger charge is 2.25. The predicted octanol–water partition coefficient (Wildman–Crippen LogP) is 5.52. The molecule has 1 saturated heterocycles. The lowest BCUT2D eigenvalue weighted by Gasteiger charge is -2.33. The molecule has 2 heterocycles. The van der Waals surface area contributed by atoms with Crippen molar-refractivity contribution in [2.75, 3.05) is 32.0 Å². The molecule has 1 aromatic heterocycles. The lowest BCUT2D eigenvalue weighted by atomic mass is 9.86. The molecule has 0 bridgehead atoms. The number of ether oxygens (including phenoxy) is 1. The number of nitrogens with two attached hydrogens (primary N) is 1. The zero-order chi connectivity index (χ0) is 27.4. The van der Waals surface area contributed by atoms with Crippen molar-refractivity contribution in [3.63, 3.8) is 0 Å². The van der Waals surface area contributed by atoms with E-state index in [0.717, 1.165) is 28.6 Å². The number of nitrogens with zero attached hydrogens (tertiary/aromatic N) is 2. The van der Waals surface area contributed by atoms with Crippen LogP contribution in [0.2, 0.25) is 0 Å². The van der Waals surface area contributed by atoms with Gasteiger partial charge in [-0.2, -0.15) is 0 Å².